The number of benzene rings is 3. The van der Waals surface area contributed by atoms with Crippen molar-refractivity contribution >= 4 is 22.9 Å². The maximum atomic E-state index is 12.8. The highest BCUT2D eigenvalue weighted by Gasteiger charge is 2.29. The third-order valence-corrected chi connectivity index (χ3v) is 5.67. The first-order valence-corrected chi connectivity index (χ1v) is 11.0. The Morgan fingerprint density at radius 2 is 1.52 bits per heavy atom. The molecule has 1 aliphatic heterocycles. The summed E-state index contributed by atoms with van der Waals surface area (Å²) >= 11 is 0. The van der Waals surface area contributed by atoms with Gasteiger partial charge in [-0.2, -0.15) is 0 Å². The number of nitrogens with one attached hydrogen (secondary N) is 3. The van der Waals surface area contributed by atoms with Crippen LogP contribution in [0.15, 0.2) is 72.4 Å². The number of carbonyl (C=O) groups is 1. The van der Waals surface area contributed by atoms with Crippen molar-refractivity contribution in [1.29, 1.82) is 0 Å². The zero-order valence-corrected chi connectivity index (χ0v) is 19.2. The molecule has 0 spiro atoms. The molecule has 170 valence electrons. The molecule has 1 heterocycles. The summed E-state index contributed by atoms with van der Waals surface area (Å²) in [5.41, 5.74) is 6.41. The molecule has 0 radical (unpaired) electrons. The number of ether oxygens (including phenoxy) is 2. The molecule has 0 bridgehead atoms. The Bertz CT molecular complexity index is 1160. The largest absolute Gasteiger partial charge is 0.493 e. The van der Waals surface area contributed by atoms with Gasteiger partial charge in [0.1, 0.15) is 0 Å². The van der Waals surface area contributed by atoms with Gasteiger partial charge in [0.05, 0.1) is 25.5 Å². The van der Waals surface area contributed by atoms with Crippen molar-refractivity contribution < 1.29 is 14.3 Å². The molecule has 3 aromatic carbocycles. The second-order valence-corrected chi connectivity index (χ2v) is 7.83. The van der Waals surface area contributed by atoms with Crippen LogP contribution in [0.4, 0.5) is 11.4 Å². The van der Waals surface area contributed by atoms with Crippen molar-refractivity contribution in [3.05, 3.63) is 89.1 Å². The van der Waals surface area contributed by atoms with Gasteiger partial charge in [-0.15, -0.1) is 0 Å². The van der Waals surface area contributed by atoms with Crippen molar-refractivity contribution in [3.8, 4) is 11.5 Å². The van der Waals surface area contributed by atoms with E-state index in [9.17, 15) is 4.79 Å². The first-order valence-electron chi connectivity index (χ1n) is 11.0. The van der Waals surface area contributed by atoms with Gasteiger partial charge < -0.3 is 25.4 Å². The second kappa shape index (κ2) is 10.2. The van der Waals surface area contributed by atoms with Crippen molar-refractivity contribution in [2.24, 2.45) is 0 Å². The Kier molecular flexibility index (Phi) is 6.95. The molecule has 6 nitrogen and oxygen atoms in total. The summed E-state index contributed by atoms with van der Waals surface area (Å²) in [7, 11) is 3.17. The predicted molar refractivity (Wildman–Crippen MR) is 132 cm³/mol. The van der Waals surface area contributed by atoms with E-state index >= 15 is 0 Å². The van der Waals surface area contributed by atoms with E-state index in [1.165, 1.54) is 11.1 Å². The Labute approximate surface area is 194 Å². The highest BCUT2D eigenvalue weighted by atomic mass is 16.5. The summed E-state index contributed by atoms with van der Waals surface area (Å²) < 4.78 is 10.8. The molecular formula is C27H29N3O3. The number of rotatable bonds is 9. The highest BCUT2D eigenvalue weighted by Crippen LogP contribution is 2.42. The molecule has 0 saturated carbocycles. The fourth-order valence-corrected chi connectivity index (χ4v) is 3.95. The second-order valence-electron chi connectivity index (χ2n) is 7.83. The van der Waals surface area contributed by atoms with Gasteiger partial charge in [-0.05, 0) is 35.7 Å². The number of fused-ring (bicyclic) bond motifs is 1. The number of allylic oxidation sites excluding steroid dienone is 1. The van der Waals surface area contributed by atoms with E-state index < -0.39 is 0 Å². The number of anilines is 2. The van der Waals surface area contributed by atoms with Gasteiger partial charge >= 0.3 is 0 Å². The van der Waals surface area contributed by atoms with Gasteiger partial charge in [0.25, 0.3) is 5.91 Å². The lowest BCUT2D eigenvalue weighted by atomic mass is 10.0. The smallest absolute Gasteiger partial charge is 0.258 e. The Morgan fingerprint density at radius 3 is 2.15 bits per heavy atom. The summed E-state index contributed by atoms with van der Waals surface area (Å²) in [5.74, 6) is 1.04. The first-order chi connectivity index (χ1) is 16.1. The molecule has 3 N–H and O–H groups in total. The minimum absolute atomic E-state index is 0.133. The summed E-state index contributed by atoms with van der Waals surface area (Å²) in [6.45, 7) is 3.65. The topological polar surface area (TPSA) is 71.6 Å². The number of hydrogen-bond acceptors (Lipinski definition) is 5. The third-order valence-electron chi connectivity index (χ3n) is 5.67. The van der Waals surface area contributed by atoms with E-state index in [0.29, 0.717) is 23.5 Å². The zero-order valence-electron chi connectivity index (χ0n) is 19.2. The summed E-state index contributed by atoms with van der Waals surface area (Å²) in [6, 6.07) is 22.3. The summed E-state index contributed by atoms with van der Waals surface area (Å²) in [5, 5.41) is 9.85. The molecule has 33 heavy (non-hydrogen) atoms. The lowest BCUT2D eigenvalue weighted by Gasteiger charge is -2.14. The van der Waals surface area contributed by atoms with Crippen molar-refractivity contribution in [1.82, 2.24) is 5.32 Å². The minimum atomic E-state index is -0.133. The van der Waals surface area contributed by atoms with E-state index in [4.69, 9.17) is 9.47 Å². The third kappa shape index (κ3) is 5.02. The molecule has 0 aromatic heterocycles. The van der Waals surface area contributed by atoms with Crippen LogP contribution < -0.4 is 25.4 Å². The predicted octanol–water partition coefficient (Wildman–Crippen LogP) is 5.18. The molecule has 0 fully saturated rings. The van der Waals surface area contributed by atoms with Gasteiger partial charge in [-0.1, -0.05) is 49.4 Å². The van der Waals surface area contributed by atoms with E-state index in [1.54, 1.807) is 20.3 Å². The average Bonchev–Trinajstić information content (AvgIpc) is 3.17. The van der Waals surface area contributed by atoms with Crippen LogP contribution in [0.1, 0.15) is 30.0 Å². The monoisotopic (exact) mass is 443 g/mol. The van der Waals surface area contributed by atoms with Crippen molar-refractivity contribution in [2.75, 3.05) is 24.9 Å². The lowest BCUT2D eigenvalue weighted by molar-refractivity contribution is -0.110. The van der Waals surface area contributed by atoms with Crippen LogP contribution in [0.25, 0.3) is 5.57 Å². The van der Waals surface area contributed by atoms with Gasteiger partial charge in [0, 0.05) is 36.1 Å². The van der Waals surface area contributed by atoms with Gasteiger partial charge in [0.15, 0.2) is 11.5 Å². The first kappa shape index (κ1) is 22.4. The molecule has 0 aliphatic carbocycles. The summed E-state index contributed by atoms with van der Waals surface area (Å²) in [6.07, 6.45) is 0.678. The number of amides is 1. The lowest BCUT2D eigenvalue weighted by Crippen LogP contribution is -2.12. The van der Waals surface area contributed by atoms with Crippen LogP contribution in [-0.4, -0.2) is 20.1 Å². The highest BCUT2D eigenvalue weighted by molar-refractivity contribution is 6.32. The van der Waals surface area contributed by atoms with Crippen molar-refractivity contribution in [3.63, 3.8) is 0 Å². The van der Waals surface area contributed by atoms with E-state index in [2.05, 4.69) is 40.2 Å². The average molecular weight is 444 g/mol. The van der Waals surface area contributed by atoms with Gasteiger partial charge in [-0.3, -0.25) is 4.79 Å². The van der Waals surface area contributed by atoms with Crippen LogP contribution in [0.2, 0.25) is 0 Å². The molecule has 0 saturated heterocycles. The van der Waals surface area contributed by atoms with Crippen LogP contribution in [0, 0.1) is 0 Å². The Hall–Kier alpha value is -3.77. The van der Waals surface area contributed by atoms with Gasteiger partial charge in [-0.25, -0.2) is 0 Å². The number of methoxy groups -OCH3 is 2. The van der Waals surface area contributed by atoms with Crippen LogP contribution in [0.3, 0.4) is 0 Å². The molecule has 1 aliphatic rings. The number of carbonyl (C=O) groups excluding carboxylic acids is 1. The van der Waals surface area contributed by atoms with Crippen LogP contribution >= 0.6 is 0 Å². The molecule has 0 unspecified atom stereocenters. The molecular weight excluding hydrogens is 414 g/mol. The SMILES string of the molecule is CCC(Nc1ccc(CNCc2ccccc2)cc1)=C1C(=O)Nc2cc(OC)c(OC)cc21. The Balaban J connectivity index is 1.49. The Morgan fingerprint density at radius 1 is 0.879 bits per heavy atom. The van der Waals surface area contributed by atoms with Crippen LogP contribution in [0.5, 0.6) is 11.5 Å². The van der Waals surface area contributed by atoms with E-state index in [1.807, 2.05) is 43.3 Å². The fraction of sp³-hybridized carbons (Fsp3) is 0.222. The zero-order chi connectivity index (χ0) is 23.2. The normalized spacial score (nSPS) is 13.8. The molecule has 6 heteroatoms. The maximum Gasteiger partial charge on any atom is 0.258 e. The minimum Gasteiger partial charge on any atom is -0.493 e. The van der Waals surface area contributed by atoms with Crippen LogP contribution in [-0.2, 0) is 17.9 Å². The summed E-state index contributed by atoms with van der Waals surface area (Å²) in [4.78, 5) is 12.8. The fourth-order valence-electron chi connectivity index (χ4n) is 3.95. The van der Waals surface area contributed by atoms with E-state index in [-0.39, 0.29) is 5.91 Å². The molecule has 3 aromatic rings. The maximum absolute atomic E-state index is 12.8. The van der Waals surface area contributed by atoms with Crippen molar-refractivity contribution in [2.45, 2.75) is 26.4 Å². The molecule has 0 atom stereocenters. The van der Waals surface area contributed by atoms with Gasteiger partial charge in [0.2, 0.25) is 0 Å². The standard InChI is InChI=1S/C27H29N3O3/c1-4-22(26-21-14-24(32-2)25(33-3)15-23(21)30-27(26)31)29-20-12-10-19(11-13-20)17-28-16-18-8-6-5-7-9-18/h5-15,28-29H,4,16-17H2,1-3H3,(H,30,31). The number of hydrogen-bond donors (Lipinski definition) is 3. The molecule has 1 amide bonds. The van der Waals surface area contributed by atoms with E-state index in [0.717, 1.165) is 35.7 Å². The quantitative estimate of drug-likeness (QED) is 0.398. The molecule has 4 rings (SSSR count).